The molecule has 0 radical (unpaired) electrons. The molecule has 2 rings (SSSR count). The van der Waals surface area contributed by atoms with Crippen molar-refractivity contribution in [3.05, 3.63) is 60.2 Å². The van der Waals surface area contributed by atoms with Crippen LogP contribution in [0.3, 0.4) is 0 Å². The maximum atomic E-state index is 11.9. The molecular weight excluding hydrogens is 266 g/mol. The zero-order valence-electron chi connectivity index (χ0n) is 12.2. The first-order chi connectivity index (χ1) is 10.2. The van der Waals surface area contributed by atoms with Gasteiger partial charge in [-0.25, -0.2) is 0 Å². The number of carbonyl (C=O) groups excluding carboxylic acids is 1. The molecule has 4 nitrogen and oxygen atoms in total. The van der Waals surface area contributed by atoms with Gasteiger partial charge in [0.1, 0.15) is 0 Å². The Labute approximate surface area is 124 Å². The van der Waals surface area contributed by atoms with Crippen molar-refractivity contribution in [1.29, 1.82) is 0 Å². The zero-order chi connectivity index (χ0) is 15.1. The SMILES string of the molecule is COc1ccccc1OCC(=O)NC(C)c1ccccc1. The van der Waals surface area contributed by atoms with Crippen LogP contribution >= 0.6 is 0 Å². The molecule has 0 fully saturated rings. The summed E-state index contributed by atoms with van der Waals surface area (Å²) >= 11 is 0. The number of para-hydroxylation sites is 2. The van der Waals surface area contributed by atoms with Gasteiger partial charge in [-0.05, 0) is 24.6 Å². The van der Waals surface area contributed by atoms with E-state index < -0.39 is 0 Å². The van der Waals surface area contributed by atoms with E-state index in [0.29, 0.717) is 11.5 Å². The third kappa shape index (κ3) is 4.24. The normalized spacial score (nSPS) is 11.5. The highest BCUT2D eigenvalue weighted by Gasteiger charge is 2.11. The van der Waals surface area contributed by atoms with Gasteiger partial charge in [-0.3, -0.25) is 4.79 Å². The summed E-state index contributed by atoms with van der Waals surface area (Å²) in [5, 5.41) is 2.90. The molecule has 0 aliphatic carbocycles. The molecular formula is C17H19NO3. The summed E-state index contributed by atoms with van der Waals surface area (Å²) in [6.07, 6.45) is 0. The van der Waals surface area contributed by atoms with Crippen molar-refractivity contribution in [2.45, 2.75) is 13.0 Å². The quantitative estimate of drug-likeness (QED) is 0.887. The average molecular weight is 285 g/mol. The van der Waals surface area contributed by atoms with Crippen LogP contribution in [0, 0.1) is 0 Å². The molecule has 0 aromatic heterocycles. The lowest BCUT2D eigenvalue weighted by atomic mass is 10.1. The van der Waals surface area contributed by atoms with Crippen LogP contribution < -0.4 is 14.8 Å². The fraction of sp³-hybridized carbons (Fsp3) is 0.235. The Morgan fingerprint density at radius 1 is 1.05 bits per heavy atom. The maximum absolute atomic E-state index is 11.9. The first-order valence-corrected chi connectivity index (χ1v) is 6.81. The lowest BCUT2D eigenvalue weighted by Gasteiger charge is -2.15. The van der Waals surface area contributed by atoms with Crippen molar-refractivity contribution in [2.24, 2.45) is 0 Å². The smallest absolute Gasteiger partial charge is 0.258 e. The summed E-state index contributed by atoms with van der Waals surface area (Å²) < 4.78 is 10.7. The van der Waals surface area contributed by atoms with Gasteiger partial charge in [0, 0.05) is 0 Å². The number of hydrogen-bond donors (Lipinski definition) is 1. The minimum Gasteiger partial charge on any atom is -0.493 e. The van der Waals surface area contributed by atoms with E-state index >= 15 is 0 Å². The third-order valence-electron chi connectivity index (χ3n) is 3.10. The second-order valence-electron chi connectivity index (χ2n) is 4.64. The lowest BCUT2D eigenvalue weighted by molar-refractivity contribution is -0.123. The zero-order valence-corrected chi connectivity index (χ0v) is 12.2. The van der Waals surface area contributed by atoms with Crippen LogP contribution in [0.4, 0.5) is 0 Å². The molecule has 0 saturated carbocycles. The molecule has 0 bridgehead atoms. The second-order valence-corrected chi connectivity index (χ2v) is 4.64. The molecule has 2 aromatic carbocycles. The van der Waals surface area contributed by atoms with Crippen LogP contribution in [0.15, 0.2) is 54.6 Å². The minimum atomic E-state index is -0.169. The minimum absolute atomic E-state index is 0.0441. The van der Waals surface area contributed by atoms with Crippen molar-refractivity contribution in [3.8, 4) is 11.5 Å². The third-order valence-corrected chi connectivity index (χ3v) is 3.10. The van der Waals surface area contributed by atoms with E-state index in [0.717, 1.165) is 5.56 Å². The topological polar surface area (TPSA) is 47.6 Å². The molecule has 0 aliphatic rings. The van der Waals surface area contributed by atoms with Gasteiger partial charge in [0.05, 0.1) is 13.2 Å². The van der Waals surface area contributed by atoms with Crippen molar-refractivity contribution in [3.63, 3.8) is 0 Å². The fourth-order valence-corrected chi connectivity index (χ4v) is 1.99. The lowest BCUT2D eigenvalue weighted by Crippen LogP contribution is -2.31. The number of nitrogens with one attached hydrogen (secondary N) is 1. The summed E-state index contributed by atoms with van der Waals surface area (Å²) in [4.78, 5) is 11.9. The number of hydrogen-bond acceptors (Lipinski definition) is 3. The molecule has 0 heterocycles. The van der Waals surface area contributed by atoms with E-state index in [-0.39, 0.29) is 18.6 Å². The van der Waals surface area contributed by atoms with Crippen LogP contribution in [0.2, 0.25) is 0 Å². The Morgan fingerprint density at radius 2 is 1.67 bits per heavy atom. The van der Waals surface area contributed by atoms with Gasteiger partial charge in [-0.1, -0.05) is 42.5 Å². The monoisotopic (exact) mass is 285 g/mol. The average Bonchev–Trinajstić information content (AvgIpc) is 2.54. The molecule has 21 heavy (non-hydrogen) atoms. The highest BCUT2D eigenvalue weighted by atomic mass is 16.5. The largest absolute Gasteiger partial charge is 0.493 e. The standard InChI is InChI=1S/C17H19NO3/c1-13(14-8-4-3-5-9-14)18-17(19)12-21-16-11-7-6-10-15(16)20-2/h3-11,13H,12H2,1-2H3,(H,18,19). The number of amides is 1. The summed E-state index contributed by atoms with van der Waals surface area (Å²) in [6, 6.07) is 17.0. The summed E-state index contributed by atoms with van der Waals surface area (Å²) in [7, 11) is 1.57. The molecule has 4 heteroatoms. The molecule has 1 N–H and O–H groups in total. The molecule has 1 atom stereocenters. The Morgan fingerprint density at radius 3 is 2.33 bits per heavy atom. The van der Waals surface area contributed by atoms with E-state index in [1.54, 1.807) is 19.2 Å². The first-order valence-electron chi connectivity index (χ1n) is 6.81. The van der Waals surface area contributed by atoms with E-state index in [1.807, 2.05) is 49.4 Å². The molecule has 0 aliphatic heterocycles. The van der Waals surface area contributed by atoms with Gasteiger partial charge in [-0.15, -0.1) is 0 Å². The van der Waals surface area contributed by atoms with Gasteiger partial charge in [0.2, 0.25) is 0 Å². The molecule has 1 amide bonds. The number of carbonyl (C=O) groups is 1. The Kier molecular flexibility index (Phi) is 5.21. The summed E-state index contributed by atoms with van der Waals surface area (Å²) in [6.45, 7) is 1.90. The van der Waals surface area contributed by atoms with Crippen LogP contribution in [0.25, 0.3) is 0 Å². The summed E-state index contributed by atoms with van der Waals surface area (Å²) in [5.74, 6) is 1.00. The van der Waals surface area contributed by atoms with Crippen LogP contribution in [-0.2, 0) is 4.79 Å². The maximum Gasteiger partial charge on any atom is 0.258 e. The highest BCUT2D eigenvalue weighted by molar-refractivity contribution is 5.78. The fourth-order valence-electron chi connectivity index (χ4n) is 1.99. The highest BCUT2D eigenvalue weighted by Crippen LogP contribution is 2.25. The van der Waals surface area contributed by atoms with E-state index in [1.165, 1.54) is 0 Å². The number of ether oxygens (including phenoxy) is 2. The van der Waals surface area contributed by atoms with Crippen molar-refractivity contribution < 1.29 is 14.3 Å². The van der Waals surface area contributed by atoms with Gasteiger partial charge in [0.15, 0.2) is 18.1 Å². The van der Waals surface area contributed by atoms with E-state index in [4.69, 9.17) is 9.47 Å². The second kappa shape index (κ2) is 7.33. The number of rotatable bonds is 6. The predicted octanol–water partition coefficient (Wildman–Crippen LogP) is 2.95. The van der Waals surface area contributed by atoms with E-state index in [9.17, 15) is 4.79 Å². The van der Waals surface area contributed by atoms with Gasteiger partial charge < -0.3 is 14.8 Å². The van der Waals surface area contributed by atoms with Gasteiger partial charge in [0.25, 0.3) is 5.91 Å². The number of benzene rings is 2. The molecule has 110 valence electrons. The molecule has 0 spiro atoms. The van der Waals surface area contributed by atoms with Crippen molar-refractivity contribution in [1.82, 2.24) is 5.32 Å². The van der Waals surface area contributed by atoms with Gasteiger partial charge >= 0.3 is 0 Å². The van der Waals surface area contributed by atoms with Crippen molar-refractivity contribution >= 4 is 5.91 Å². The number of methoxy groups -OCH3 is 1. The van der Waals surface area contributed by atoms with Gasteiger partial charge in [-0.2, -0.15) is 0 Å². The van der Waals surface area contributed by atoms with Crippen LogP contribution in [0.1, 0.15) is 18.5 Å². The Hall–Kier alpha value is -2.49. The first kappa shape index (κ1) is 14.9. The van der Waals surface area contributed by atoms with Crippen molar-refractivity contribution in [2.75, 3.05) is 13.7 Å². The summed E-state index contributed by atoms with van der Waals surface area (Å²) in [5.41, 5.74) is 1.06. The van der Waals surface area contributed by atoms with Crippen LogP contribution in [0.5, 0.6) is 11.5 Å². The Balaban J connectivity index is 1.88. The Bertz CT molecular complexity index is 584. The molecule has 1 unspecified atom stereocenters. The molecule has 0 saturated heterocycles. The van der Waals surface area contributed by atoms with E-state index in [2.05, 4.69) is 5.32 Å². The predicted molar refractivity (Wildman–Crippen MR) is 81.5 cm³/mol. The van der Waals surface area contributed by atoms with Crippen LogP contribution in [-0.4, -0.2) is 19.6 Å². The molecule has 2 aromatic rings.